The van der Waals surface area contributed by atoms with Crippen LogP contribution in [-0.4, -0.2) is 25.6 Å². The predicted octanol–water partition coefficient (Wildman–Crippen LogP) is 5.05. The van der Waals surface area contributed by atoms with E-state index in [9.17, 15) is 9.59 Å². The first-order valence-electron chi connectivity index (χ1n) is 9.49. The maximum Gasteiger partial charge on any atom is 0.338 e. The molecule has 1 N–H and O–H groups in total. The Bertz CT molecular complexity index is 829. The van der Waals surface area contributed by atoms with Crippen molar-refractivity contribution in [2.45, 2.75) is 46.5 Å². The number of anilines is 1. The topological polar surface area (TPSA) is 64.6 Å². The molecule has 28 heavy (non-hydrogen) atoms. The summed E-state index contributed by atoms with van der Waals surface area (Å²) in [6, 6.07) is 11.1. The van der Waals surface area contributed by atoms with Crippen LogP contribution in [0.5, 0.6) is 5.75 Å². The number of amides is 1. The fourth-order valence-electron chi connectivity index (χ4n) is 3.03. The highest BCUT2D eigenvalue weighted by molar-refractivity contribution is 5.96. The van der Waals surface area contributed by atoms with E-state index in [1.54, 1.807) is 25.3 Å². The number of para-hydroxylation sites is 1. The van der Waals surface area contributed by atoms with E-state index in [0.29, 0.717) is 11.3 Å². The molecular formula is C23H29NO4. The molecule has 2 rings (SSSR count). The first kappa shape index (κ1) is 21.5. The van der Waals surface area contributed by atoms with Crippen LogP contribution >= 0.6 is 0 Å². The lowest BCUT2D eigenvalue weighted by molar-refractivity contribution is -0.119. The van der Waals surface area contributed by atoms with Crippen LogP contribution in [0.4, 0.5) is 5.69 Å². The Balaban J connectivity index is 2.10. The Labute approximate surface area is 167 Å². The molecule has 5 nitrogen and oxygen atoms in total. The van der Waals surface area contributed by atoms with Gasteiger partial charge in [0.05, 0.1) is 12.7 Å². The van der Waals surface area contributed by atoms with Crippen LogP contribution in [0.2, 0.25) is 0 Å². The minimum atomic E-state index is -0.560. The fourth-order valence-corrected chi connectivity index (χ4v) is 3.03. The van der Waals surface area contributed by atoms with Crippen molar-refractivity contribution in [3.63, 3.8) is 0 Å². The molecule has 0 saturated carbocycles. The molecule has 0 heterocycles. The maximum absolute atomic E-state index is 12.5. The number of aryl methyl sites for hydroxylation is 1. The van der Waals surface area contributed by atoms with Gasteiger partial charge in [-0.2, -0.15) is 0 Å². The first-order chi connectivity index (χ1) is 13.2. The standard InChI is InChI=1S/C23H29NO4/c1-14(2)18-8-7-9-19(15(3)4)22(18)24-21(25)13-28-23(26)17-11-10-16(5)20(12-17)27-6/h7-12,14-15H,13H2,1-6H3,(H,24,25). The number of rotatable bonds is 7. The number of hydrogen-bond donors (Lipinski definition) is 1. The molecule has 5 heteroatoms. The molecule has 1 amide bonds. The number of benzene rings is 2. The van der Waals surface area contributed by atoms with Gasteiger partial charge in [-0.25, -0.2) is 4.79 Å². The van der Waals surface area contributed by atoms with Gasteiger partial charge in [0.2, 0.25) is 0 Å². The molecule has 2 aromatic carbocycles. The van der Waals surface area contributed by atoms with E-state index >= 15 is 0 Å². The van der Waals surface area contributed by atoms with Gasteiger partial charge in [0, 0.05) is 5.69 Å². The zero-order chi connectivity index (χ0) is 20.8. The Morgan fingerprint density at radius 3 is 2.14 bits per heavy atom. The number of methoxy groups -OCH3 is 1. The lowest BCUT2D eigenvalue weighted by atomic mass is 9.92. The molecule has 0 unspecified atom stereocenters. The Morgan fingerprint density at radius 1 is 1.00 bits per heavy atom. The summed E-state index contributed by atoms with van der Waals surface area (Å²) in [4.78, 5) is 24.7. The van der Waals surface area contributed by atoms with Gasteiger partial charge in [-0.05, 0) is 47.6 Å². The minimum absolute atomic E-state index is 0.261. The van der Waals surface area contributed by atoms with Crippen molar-refractivity contribution in [3.8, 4) is 5.75 Å². The molecule has 0 aromatic heterocycles. The van der Waals surface area contributed by atoms with Gasteiger partial charge in [-0.1, -0.05) is 52.0 Å². The molecule has 0 fully saturated rings. The largest absolute Gasteiger partial charge is 0.496 e. The van der Waals surface area contributed by atoms with Crippen LogP contribution in [0.3, 0.4) is 0 Å². The highest BCUT2D eigenvalue weighted by atomic mass is 16.5. The van der Waals surface area contributed by atoms with Crippen molar-refractivity contribution in [1.82, 2.24) is 0 Å². The van der Waals surface area contributed by atoms with Crippen molar-refractivity contribution < 1.29 is 19.1 Å². The second-order valence-electron chi connectivity index (χ2n) is 7.43. The van der Waals surface area contributed by atoms with Crippen molar-refractivity contribution >= 4 is 17.6 Å². The van der Waals surface area contributed by atoms with Gasteiger partial charge in [-0.15, -0.1) is 0 Å². The van der Waals surface area contributed by atoms with Gasteiger partial charge in [0.15, 0.2) is 6.61 Å². The molecule has 0 radical (unpaired) electrons. The third-order valence-corrected chi connectivity index (χ3v) is 4.62. The second-order valence-corrected chi connectivity index (χ2v) is 7.43. The van der Waals surface area contributed by atoms with Crippen LogP contribution < -0.4 is 10.1 Å². The van der Waals surface area contributed by atoms with Gasteiger partial charge in [-0.3, -0.25) is 4.79 Å². The molecule has 0 aliphatic rings. The number of hydrogen-bond acceptors (Lipinski definition) is 4. The molecule has 0 bridgehead atoms. The quantitative estimate of drug-likeness (QED) is 0.680. The molecule has 0 atom stereocenters. The van der Waals surface area contributed by atoms with Crippen molar-refractivity contribution in [3.05, 3.63) is 58.7 Å². The maximum atomic E-state index is 12.5. The van der Waals surface area contributed by atoms with Crippen LogP contribution in [0.15, 0.2) is 36.4 Å². The van der Waals surface area contributed by atoms with Gasteiger partial charge in [0.1, 0.15) is 5.75 Å². The predicted molar refractivity (Wildman–Crippen MR) is 111 cm³/mol. The van der Waals surface area contributed by atoms with E-state index in [2.05, 4.69) is 33.0 Å². The summed E-state index contributed by atoms with van der Waals surface area (Å²) < 4.78 is 10.4. The summed E-state index contributed by atoms with van der Waals surface area (Å²) in [6.07, 6.45) is 0. The normalized spacial score (nSPS) is 10.9. The molecule has 0 saturated heterocycles. The number of esters is 1. The fraction of sp³-hybridized carbons (Fsp3) is 0.391. The molecule has 0 aliphatic heterocycles. The van der Waals surface area contributed by atoms with Gasteiger partial charge in [0.25, 0.3) is 5.91 Å². The highest BCUT2D eigenvalue weighted by Gasteiger charge is 2.17. The Morgan fingerprint density at radius 2 is 1.61 bits per heavy atom. The Kier molecular flexibility index (Phi) is 7.21. The zero-order valence-corrected chi connectivity index (χ0v) is 17.5. The van der Waals surface area contributed by atoms with E-state index in [-0.39, 0.29) is 24.3 Å². The van der Waals surface area contributed by atoms with Crippen molar-refractivity contribution in [1.29, 1.82) is 0 Å². The van der Waals surface area contributed by atoms with E-state index in [0.717, 1.165) is 22.4 Å². The highest BCUT2D eigenvalue weighted by Crippen LogP contribution is 2.32. The number of carbonyl (C=O) groups is 2. The third-order valence-electron chi connectivity index (χ3n) is 4.62. The van der Waals surface area contributed by atoms with Crippen LogP contribution in [-0.2, 0) is 9.53 Å². The smallest absolute Gasteiger partial charge is 0.338 e. The van der Waals surface area contributed by atoms with E-state index < -0.39 is 5.97 Å². The third kappa shape index (κ3) is 5.12. The van der Waals surface area contributed by atoms with E-state index in [4.69, 9.17) is 9.47 Å². The number of ether oxygens (including phenoxy) is 2. The zero-order valence-electron chi connectivity index (χ0n) is 17.5. The van der Waals surface area contributed by atoms with Crippen LogP contribution in [0, 0.1) is 6.92 Å². The summed E-state index contributed by atoms with van der Waals surface area (Å²) in [6.45, 7) is 9.87. The average molecular weight is 383 g/mol. The Hall–Kier alpha value is -2.82. The second kappa shape index (κ2) is 9.40. The monoisotopic (exact) mass is 383 g/mol. The summed E-state index contributed by atoms with van der Waals surface area (Å²) in [5.41, 5.74) is 4.21. The number of nitrogens with one attached hydrogen (secondary N) is 1. The van der Waals surface area contributed by atoms with Gasteiger partial charge >= 0.3 is 5.97 Å². The summed E-state index contributed by atoms with van der Waals surface area (Å²) in [5, 5.41) is 2.94. The van der Waals surface area contributed by atoms with Crippen LogP contribution in [0.25, 0.3) is 0 Å². The number of carbonyl (C=O) groups excluding carboxylic acids is 2. The molecule has 0 spiro atoms. The van der Waals surface area contributed by atoms with E-state index in [1.807, 2.05) is 25.1 Å². The molecule has 2 aromatic rings. The van der Waals surface area contributed by atoms with Crippen molar-refractivity contribution in [2.24, 2.45) is 0 Å². The van der Waals surface area contributed by atoms with Crippen LogP contribution in [0.1, 0.15) is 66.6 Å². The van der Waals surface area contributed by atoms with Crippen molar-refractivity contribution in [2.75, 3.05) is 19.0 Å². The first-order valence-corrected chi connectivity index (χ1v) is 9.49. The summed E-state index contributed by atoms with van der Waals surface area (Å²) in [5.74, 6) is 0.205. The SMILES string of the molecule is COc1cc(C(=O)OCC(=O)Nc2c(C(C)C)cccc2C(C)C)ccc1C. The minimum Gasteiger partial charge on any atom is -0.496 e. The van der Waals surface area contributed by atoms with E-state index in [1.165, 1.54) is 0 Å². The summed E-state index contributed by atoms with van der Waals surface area (Å²) in [7, 11) is 1.55. The lowest BCUT2D eigenvalue weighted by Crippen LogP contribution is -2.22. The lowest BCUT2D eigenvalue weighted by Gasteiger charge is -2.20. The molecule has 0 aliphatic carbocycles. The molecule has 150 valence electrons. The van der Waals surface area contributed by atoms with Gasteiger partial charge < -0.3 is 14.8 Å². The molecular weight excluding hydrogens is 354 g/mol. The summed E-state index contributed by atoms with van der Waals surface area (Å²) >= 11 is 0. The average Bonchev–Trinajstić information content (AvgIpc) is 2.66.